The van der Waals surface area contributed by atoms with Gasteiger partial charge in [0.2, 0.25) is 0 Å². The van der Waals surface area contributed by atoms with Crippen molar-refractivity contribution < 1.29 is 33.3 Å². The SMILES string of the molecule is CC(C)(C)[Si](C)(C)O[C@@H]1CC[C@](O)(C2=CC[C@@H]3CC4(CC[C@]3(C)C2=O)OCCO4)[C@@]12COC(=O)C2. The summed E-state index contributed by atoms with van der Waals surface area (Å²) in [4.78, 5) is 26.7. The van der Waals surface area contributed by atoms with Crippen molar-refractivity contribution in [3.63, 3.8) is 0 Å². The Hall–Kier alpha value is -1.06. The molecule has 3 aliphatic carbocycles. The van der Waals surface area contributed by atoms with Gasteiger partial charge in [0.25, 0.3) is 0 Å². The first-order valence-electron chi connectivity index (χ1n) is 13.3. The summed E-state index contributed by atoms with van der Waals surface area (Å²) in [5, 5.41) is 12.4. The molecule has 0 aromatic rings. The lowest BCUT2D eigenvalue weighted by molar-refractivity contribution is -0.206. The van der Waals surface area contributed by atoms with Crippen LogP contribution in [0.5, 0.6) is 0 Å². The van der Waals surface area contributed by atoms with Gasteiger partial charge in [0, 0.05) is 23.8 Å². The van der Waals surface area contributed by atoms with Gasteiger partial charge in [-0.2, -0.15) is 0 Å². The topological polar surface area (TPSA) is 91.3 Å². The van der Waals surface area contributed by atoms with Crippen LogP contribution < -0.4 is 0 Å². The van der Waals surface area contributed by atoms with E-state index in [1.54, 1.807) is 0 Å². The van der Waals surface area contributed by atoms with Gasteiger partial charge >= 0.3 is 5.97 Å². The molecule has 196 valence electrons. The standard InChI is InChI=1S/C27H42O7Si/c1-23(2,3)35(5,6)34-20-9-10-27(30,25(20)16-21(28)31-17-25)19-8-7-18-15-26(32-13-14-33-26)12-11-24(18,4)22(19)29/h8,18,20,30H,7,9-17H2,1-6H3/t18-,20-,24+,25+,27+/m1/s1. The zero-order chi connectivity index (χ0) is 25.5. The molecule has 4 fully saturated rings. The van der Waals surface area contributed by atoms with Crippen molar-refractivity contribution in [3.05, 3.63) is 11.6 Å². The third-order valence-corrected chi connectivity index (χ3v) is 15.0. The zero-order valence-electron chi connectivity index (χ0n) is 22.2. The Labute approximate surface area is 210 Å². The van der Waals surface area contributed by atoms with Crippen LogP contribution in [0.1, 0.15) is 72.6 Å². The number of Topliss-reactive ketones (excluding diaryl/α,β-unsaturated/α-hetero) is 1. The number of ether oxygens (including phenoxy) is 3. The average molecular weight is 507 g/mol. The van der Waals surface area contributed by atoms with E-state index in [2.05, 4.69) is 33.9 Å². The highest BCUT2D eigenvalue weighted by molar-refractivity contribution is 6.74. The molecule has 2 aliphatic heterocycles. The van der Waals surface area contributed by atoms with Gasteiger partial charge in [-0.25, -0.2) is 0 Å². The van der Waals surface area contributed by atoms with Crippen molar-refractivity contribution in [1.82, 2.24) is 0 Å². The molecule has 2 saturated carbocycles. The van der Waals surface area contributed by atoms with E-state index in [1.165, 1.54) is 0 Å². The maximum atomic E-state index is 14.2. The average Bonchev–Trinajstić information content (AvgIpc) is 3.45. The molecule has 5 rings (SSSR count). The van der Waals surface area contributed by atoms with Crippen LogP contribution in [0.25, 0.3) is 0 Å². The van der Waals surface area contributed by atoms with Crippen molar-refractivity contribution in [3.8, 4) is 0 Å². The van der Waals surface area contributed by atoms with E-state index in [0.717, 1.165) is 0 Å². The van der Waals surface area contributed by atoms with Crippen LogP contribution in [0, 0.1) is 16.7 Å². The normalized spacial score (nSPS) is 41.4. The van der Waals surface area contributed by atoms with Gasteiger partial charge in [-0.1, -0.05) is 33.8 Å². The predicted molar refractivity (Wildman–Crippen MR) is 132 cm³/mol. The number of cyclic esters (lactones) is 1. The molecule has 35 heavy (non-hydrogen) atoms. The summed E-state index contributed by atoms with van der Waals surface area (Å²) in [5.41, 5.74) is -2.48. The molecule has 7 nitrogen and oxygen atoms in total. The molecular weight excluding hydrogens is 464 g/mol. The Morgan fingerprint density at radius 1 is 1.11 bits per heavy atom. The van der Waals surface area contributed by atoms with E-state index in [9.17, 15) is 14.7 Å². The Kier molecular flexibility index (Phi) is 5.82. The van der Waals surface area contributed by atoms with Crippen molar-refractivity contribution in [1.29, 1.82) is 0 Å². The molecule has 0 aromatic carbocycles. The van der Waals surface area contributed by atoms with Crippen molar-refractivity contribution in [2.75, 3.05) is 19.8 Å². The van der Waals surface area contributed by atoms with Crippen LogP contribution in [0.2, 0.25) is 18.1 Å². The molecule has 2 saturated heterocycles. The monoisotopic (exact) mass is 506 g/mol. The number of aliphatic hydroxyl groups is 1. The second-order valence-electron chi connectivity index (χ2n) is 13.4. The minimum Gasteiger partial charge on any atom is -0.465 e. The number of ketones is 1. The predicted octanol–water partition coefficient (Wildman–Crippen LogP) is 4.28. The number of carbonyl (C=O) groups is 2. The lowest BCUT2D eigenvalue weighted by atomic mass is 9.55. The molecule has 0 radical (unpaired) electrons. The minimum atomic E-state index is -2.19. The fraction of sp³-hybridized carbons (Fsp3) is 0.852. The molecule has 5 atom stereocenters. The molecule has 0 amide bonds. The van der Waals surface area contributed by atoms with Crippen molar-refractivity contribution in [2.45, 2.75) is 108 Å². The van der Waals surface area contributed by atoms with E-state index < -0.39 is 30.5 Å². The molecule has 5 aliphatic rings. The first-order valence-corrected chi connectivity index (χ1v) is 16.2. The van der Waals surface area contributed by atoms with Gasteiger partial charge in [-0.3, -0.25) is 9.59 Å². The van der Waals surface area contributed by atoms with Crippen molar-refractivity contribution >= 4 is 20.1 Å². The fourth-order valence-electron chi connectivity index (χ4n) is 7.06. The van der Waals surface area contributed by atoms with E-state index >= 15 is 0 Å². The van der Waals surface area contributed by atoms with Gasteiger partial charge in [0.1, 0.15) is 12.2 Å². The molecule has 2 heterocycles. The molecule has 0 aromatic heterocycles. The summed E-state index contributed by atoms with van der Waals surface area (Å²) in [5.74, 6) is -0.768. The summed E-state index contributed by atoms with van der Waals surface area (Å²) in [6, 6.07) is 0. The summed E-state index contributed by atoms with van der Waals surface area (Å²) in [6.45, 7) is 14.3. The fourth-order valence-corrected chi connectivity index (χ4v) is 8.46. The second-order valence-corrected chi connectivity index (χ2v) is 18.1. The van der Waals surface area contributed by atoms with Gasteiger partial charge in [0.15, 0.2) is 19.9 Å². The lowest BCUT2D eigenvalue weighted by Gasteiger charge is -2.52. The quantitative estimate of drug-likeness (QED) is 0.451. The van der Waals surface area contributed by atoms with E-state index in [1.807, 2.05) is 13.0 Å². The van der Waals surface area contributed by atoms with Crippen LogP contribution >= 0.6 is 0 Å². The number of carbonyl (C=O) groups excluding carboxylic acids is 2. The molecule has 8 heteroatoms. The summed E-state index contributed by atoms with van der Waals surface area (Å²) in [6.07, 6.45) is 5.44. The zero-order valence-corrected chi connectivity index (χ0v) is 23.2. The Morgan fingerprint density at radius 2 is 1.80 bits per heavy atom. The van der Waals surface area contributed by atoms with E-state index in [0.29, 0.717) is 57.3 Å². The minimum absolute atomic E-state index is 0.01000. The number of esters is 1. The van der Waals surface area contributed by atoms with Crippen LogP contribution in [0.3, 0.4) is 0 Å². The maximum absolute atomic E-state index is 14.2. The number of hydrogen-bond acceptors (Lipinski definition) is 7. The largest absolute Gasteiger partial charge is 0.465 e. The highest BCUT2D eigenvalue weighted by Gasteiger charge is 2.69. The third kappa shape index (κ3) is 3.65. The van der Waals surface area contributed by atoms with Gasteiger partial charge in [-0.15, -0.1) is 0 Å². The van der Waals surface area contributed by atoms with Crippen molar-refractivity contribution in [2.24, 2.45) is 16.7 Å². The summed E-state index contributed by atoms with van der Waals surface area (Å²) < 4.78 is 24.3. The van der Waals surface area contributed by atoms with Gasteiger partial charge < -0.3 is 23.7 Å². The van der Waals surface area contributed by atoms with E-state index in [4.69, 9.17) is 18.6 Å². The molecular formula is C27H42O7Si. The number of allylic oxidation sites excluding steroid dienone is 1. The number of rotatable bonds is 3. The van der Waals surface area contributed by atoms with E-state index in [-0.39, 0.29) is 41.8 Å². The molecule has 2 spiro atoms. The Bertz CT molecular complexity index is 946. The lowest BCUT2D eigenvalue weighted by Crippen LogP contribution is -2.59. The Morgan fingerprint density at radius 3 is 2.40 bits per heavy atom. The third-order valence-electron chi connectivity index (χ3n) is 10.5. The van der Waals surface area contributed by atoms with Crippen LogP contribution in [-0.2, 0) is 28.2 Å². The smallest absolute Gasteiger partial charge is 0.306 e. The van der Waals surface area contributed by atoms with Gasteiger partial charge in [0.05, 0.1) is 31.2 Å². The first-order chi connectivity index (χ1) is 16.2. The summed E-state index contributed by atoms with van der Waals surface area (Å²) >= 11 is 0. The number of fused-ring (bicyclic) bond motifs is 1. The molecule has 0 unspecified atom stereocenters. The summed E-state index contributed by atoms with van der Waals surface area (Å²) in [7, 11) is -2.19. The van der Waals surface area contributed by atoms with Crippen LogP contribution in [0.4, 0.5) is 0 Å². The van der Waals surface area contributed by atoms with Gasteiger partial charge in [-0.05, 0) is 49.7 Å². The highest BCUT2D eigenvalue weighted by Crippen LogP contribution is 2.61. The molecule has 1 N–H and O–H groups in total. The van der Waals surface area contributed by atoms with Crippen LogP contribution in [0.15, 0.2) is 11.6 Å². The Balaban J connectivity index is 1.48. The van der Waals surface area contributed by atoms with Crippen LogP contribution in [-0.4, -0.2) is 62.5 Å². The molecule has 0 bridgehead atoms. The second kappa shape index (κ2) is 7.97. The maximum Gasteiger partial charge on any atom is 0.306 e. The first kappa shape index (κ1) is 25.6. The highest BCUT2D eigenvalue weighted by atomic mass is 28.4. The number of hydrogen-bond donors (Lipinski definition) is 1.